The van der Waals surface area contributed by atoms with Crippen molar-refractivity contribution in [2.75, 3.05) is 11.1 Å². The van der Waals surface area contributed by atoms with Gasteiger partial charge in [-0.1, -0.05) is 36.0 Å². The minimum atomic E-state index is -0.463. The molecule has 1 amide bonds. The summed E-state index contributed by atoms with van der Waals surface area (Å²) in [7, 11) is 0. The molecule has 146 valence electrons. The Morgan fingerprint density at radius 1 is 1.17 bits per heavy atom. The van der Waals surface area contributed by atoms with Gasteiger partial charge in [-0.05, 0) is 37.6 Å². The van der Waals surface area contributed by atoms with Gasteiger partial charge in [0.05, 0.1) is 27.4 Å². The maximum atomic E-state index is 12.4. The van der Waals surface area contributed by atoms with Crippen LogP contribution in [0, 0.1) is 24.0 Å². The fraction of sp³-hybridized carbons (Fsp3) is 0.150. The first-order valence-corrected chi connectivity index (χ1v) is 9.84. The summed E-state index contributed by atoms with van der Waals surface area (Å²) in [5, 5.41) is 24.0. The summed E-state index contributed by atoms with van der Waals surface area (Å²) in [4.78, 5) is 23.0. The van der Waals surface area contributed by atoms with Gasteiger partial charge in [0, 0.05) is 11.5 Å². The van der Waals surface area contributed by atoms with Gasteiger partial charge in [-0.15, -0.1) is 10.2 Å². The molecule has 0 saturated heterocycles. The van der Waals surface area contributed by atoms with E-state index >= 15 is 0 Å². The number of para-hydroxylation sites is 1. The molecule has 2 heterocycles. The summed E-state index contributed by atoms with van der Waals surface area (Å²) in [6.45, 7) is 3.64. The Labute approximate surface area is 170 Å². The van der Waals surface area contributed by atoms with Crippen molar-refractivity contribution in [2.24, 2.45) is 0 Å². The quantitative estimate of drug-likeness (QED) is 0.303. The average Bonchev–Trinajstić information content (AvgIpc) is 3.11. The standard InChI is InChI=1S/C20H17N5O3S/c1-12-10-18-22-23-20(24(18)17-8-4-3-6-14(12)17)29-11-19(26)21-15-7-5-9-16(13(15)2)25(27)28/h3-10H,11H2,1-2H3,(H,21,26). The lowest BCUT2D eigenvalue weighted by molar-refractivity contribution is -0.385. The fourth-order valence-corrected chi connectivity index (χ4v) is 3.99. The molecule has 0 unspecified atom stereocenters. The monoisotopic (exact) mass is 407 g/mol. The Morgan fingerprint density at radius 3 is 2.76 bits per heavy atom. The van der Waals surface area contributed by atoms with Crippen molar-refractivity contribution in [1.82, 2.24) is 14.6 Å². The number of nitro benzene ring substituents is 1. The predicted octanol–water partition coefficient (Wildman–Crippen LogP) is 4.14. The zero-order valence-electron chi connectivity index (χ0n) is 15.7. The summed E-state index contributed by atoms with van der Waals surface area (Å²) in [5.41, 5.74) is 3.63. The Morgan fingerprint density at radius 2 is 1.97 bits per heavy atom. The van der Waals surface area contributed by atoms with Crippen LogP contribution in [0.5, 0.6) is 0 Å². The lowest BCUT2D eigenvalue weighted by Gasteiger charge is -2.09. The number of aromatic nitrogens is 3. The number of fused-ring (bicyclic) bond motifs is 3. The third-order valence-electron chi connectivity index (χ3n) is 4.68. The van der Waals surface area contributed by atoms with E-state index in [0.29, 0.717) is 16.4 Å². The van der Waals surface area contributed by atoms with Crippen LogP contribution < -0.4 is 5.32 Å². The van der Waals surface area contributed by atoms with Gasteiger partial charge in [-0.3, -0.25) is 19.3 Å². The van der Waals surface area contributed by atoms with Crippen LogP contribution in [0.4, 0.5) is 11.4 Å². The maximum Gasteiger partial charge on any atom is 0.274 e. The van der Waals surface area contributed by atoms with Crippen LogP contribution in [-0.2, 0) is 4.79 Å². The van der Waals surface area contributed by atoms with Crippen LogP contribution in [0.25, 0.3) is 16.6 Å². The van der Waals surface area contributed by atoms with Gasteiger partial charge in [-0.2, -0.15) is 0 Å². The molecular weight excluding hydrogens is 390 g/mol. The number of rotatable bonds is 5. The molecule has 29 heavy (non-hydrogen) atoms. The maximum absolute atomic E-state index is 12.4. The summed E-state index contributed by atoms with van der Waals surface area (Å²) in [6.07, 6.45) is 0. The fourth-order valence-electron chi connectivity index (χ4n) is 3.24. The number of thioether (sulfide) groups is 1. The number of hydrogen-bond donors (Lipinski definition) is 1. The van der Waals surface area contributed by atoms with Crippen molar-refractivity contribution in [3.63, 3.8) is 0 Å². The van der Waals surface area contributed by atoms with E-state index in [0.717, 1.165) is 22.1 Å². The molecule has 0 radical (unpaired) electrons. The first-order chi connectivity index (χ1) is 14.0. The molecule has 0 fully saturated rings. The molecule has 0 aliphatic heterocycles. The van der Waals surface area contributed by atoms with Crippen LogP contribution in [0.1, 0.15) is 11.1 Å². The number of carbonyl (C=O) groups is 1. The minimum Gasteiger partial charge on any atom is -0.325 e. The van der Waals surface area contributed by atoms with E-state index < -0.39 is 4.92 Å². The molecule has 1 N–H and O–H groups in total. The van der Waals surface area contributed by atoms with Crippen LogP contribution in [0.3, 0.4) is 0 Å². The van der Waals surface area contributed by atoms with Crippen LogP contribution in [0.2, 0.25) is 0 Å². The van der Waals surface area contributed by atoms with Crippen molar-refractivity contribution in [1.29, 1.82) is 0 Å². The first kappa shape index (κ1) is 18.9. The van der Waals surface area contributed by atoms with Gasteiger partial charge in [0.1, 0.15) is 0 Å². The second-order valence-electron chi connectivity index (χ2n) is 6.56. The molecule has 0 aliphatic carbocycles. The van der Waals surface area contributed by atoms with Crippen molar-refractivity contribution >= 4 is 45.6 Å². The third kappa shape index (κ3) is 3.52. The van der Waals surface area contributed by atoms with Crippen LogP contribution in [-0.4, -0.2) is 31.2 Å². The number of nitrogens with one attached hydrogen (secondary N) is 1. The highest BCUT2D eigenvalue weighted by atomic mass is 32.2. The molecule has 0 atom stereocenters. The number of hydrogen-bond acceptors (Lipinski definition) is 6. The summed E-state index contributed by atoms with van der Waals surface area (Å²) >= 11 is 1.26. The molecule has 2 aromatic heterocycles. The average molecular weight is 407 g/mol. The van der Waals surface area contributed by atoms with E-state index in [1.807, 2.05) is 41.7 Å². The number of aryl methyl sites for hydroxylation is 1. The third-order valence-corrected chi connectivity index (χ3v) is 5.61. The number of amides is 1. The highest BCUT2D eigenvalue weighted by Gasteiger charge is 2.16. The molecule has 2 aromatic carbocycles. The molecule has 0 saturated carbocycles. The van der Waals surface area contributed by atoms with Gasteiger partial charge in [0.15, 0.2) is 10.8 Å². The van der Waals surface area contributed by atoms with Gasteiger partial charge >= 0.3 is 0 Å². The van der Waals surface area contributed by atoms with Gasteiger partial charge in [-0.25, -0.2) is 0 Å². The lowest BCUT2D eigenvalue weighted by atomic mass is 10.1. The van der Waals surface area contributed by atoms with Crippen molar-refractivity contribution < 1.29 is 9.72 Å². The van der Waals surface area contributed by atoms with Crippen LogP contribution in [0.15, 0.2) is 53.7 Å². The van der Waals surface area contributed by atoms with E-state index in [-0.39, 0.29) is 17.3 Å². The first-order valence-electron chi connectivity index (χ1n) is 8.86. The number of anilines is 1. The van der Waals surface area contributed by atoms with Crippen molar-refractivity contribution in [3.05, 3.63) is 69.8 Å². The Balaban J connectivity index is 1.56. The smallest absolute Gasteiger partial charge is 0.274 e. The molecule has 9 heteroatoms. The second kappa shape index (κ2) is 7.51. The predicted molar refractivity (Wildman–Crippen MR) is 112 cm³/mol. The highest BCUT2D eigenvalue weighted by molar-refractivity contribution is 7.99. The molecule has 0 bridgehead atoms. The topological polar surface area (TPSA) is 102 Å². The number of benzene rings is 2. The van der Waals surface area contributed by atoms with Crippen molar-refractivity contribution in [2.45, 2.75) is 19.0 Å². The molecule has 0 aliphatic rings. The van der Waals surface area contributed by atoms with E-state index in [1.165, 1.54) is 17.8 Å². The Hall–Kier alpha value is -3.46. The van der Waals surface area contributed by atoms with Crippen LogP contribution >= 0.6 is 11.8 Å². The minimum absolute atomic E-state index is 0.0271. The number of nitrogens with zero attached hydrogens (tertiary/aromatic N) is 4. The summed E-state index contributed by atoms with van der Waals surface area (Å²) in [5.74, 6) is -0.169. The zero-order valence-corrected chi connectivity index (χ0v) is 16.6. The Bertz CT molecular complexity index is 1270. The van der Waals surface area contributed by atoms with E-state index in [2.05, 4.69) is 15.5 Å². The molecular formula is C20H17N5O3S. The molecule has 8 nitrogen and oxygen atoms in total. The van der Waals surface area contributed by atoms with E-state index in [4.69, 9.17) is 0 Å². The number of pyridine rings is 1. The zero-order chi connectivity index (χ0) is 20.5. The molecule has 4 aromatic rings. The van der Waals surface area contributed by atoms with Gasteiger partial charge in [0.25, 0.3) is 5.69 Å². The Kier molecular flexibility index (Phi) is 4.89. The largest absolute Gasteiger partial charge is 0.325 e. The summed E-state index contributed by atoms with van der Waals surface area (Å²) < 4.78 is 1.93. The highest BCUT2D eigenvalue weighted by Crippen LogP contribution is 2.27. The normalized spacial score (nSPS) is 11.1. The van der Waals surface area contributed by atoms with Crippen molar-refractivity contribution in [3.8, 4) is 0 Å². The summed E-state index contributed by atoms with van der Waals surface area (Å²) in [6, 6.07) is 14.5. The van der Waals surface area contributed by atoms with E-state index in [9.17, 15) is 14.9 Å². The number of nitro groups is 1. The van der Waals surface area contributed by atoms with Gasteiger partial charge < -0.3 is 5.32 Å². The van der Waals surface area contributed by atoms with E-state index in [1.54, 1.807) is 19.1 Å². The lowest BCUT2D eigenvalue weighted by Crippen LogP contribution is -2.15. The molecule has 4 rings (SSSR count). The number of carbonyl (C=O) groups excluding carboxylic acids is 1. The van der Waals surface area contributed by atoms with Gasteiger partial charge in [0.2, 0.25) is 5.91 Å². The SMILES string of the molecule is Cc1c(NC(=O)CSc2nnc3cc(C)c4ccccc4n23)cccc1[N+](=O)[O-]. The second-order valence-corrected chi connectivity index (χ2v) is 7.51. The molecule has 0 spiro atoms.